The lowest BCUT2D eigenvalue weighted by molar-refractivity contribution is -0.121. The second-order valence-corrected chi connectivity index (χ2v) is 4.12. The fourth-order valence-corrected chi connectivity index (χ4v) is 1.46. The summed E-state index contributed by atoms with van der Waals surface area (Å²) in [5.41, 5.74) is 0.772. The smallest absolute Gasteiger partial charge is 0.321 e. The Labute approximate surface area is 112 Å². The first-order valence-corrected chi connectivity index (χ1v) is 6.03. The van der Waals surface area contributed by atoms with Gasteiger partial charge in [0.25, 0.3) is 0 Å². The number of amides is 3. The molecule has 6 heteroatoms. The molecule has 0 heterocycles. The second kappa shape index (κ2) is 7.50. The molecule has 104 valence electrons. The van der Waals surface area contributed by atoms with Gasteiger partial charge in [-0.1, -0.05) is 30.3 Å². The van der Waals surface area contributed by atoms with E-state index in [4.69, 9.17) is 0 Å². The highest BCUT2D eigenvalue weighted by Crippen LogP contribution is 2.10. The highest BCUT2D eigenvalue weighted by Gasteiger charge is 2.16. The van der Waals surface area contributed by atoms with Gasteiger partial charge in [-0.05, 0) is 12.5 Å². The molecule has 19 heavy (non-hydrogen) atoms. The average Bonchev–Trinajstić information content (AvgIpc) is 2.44. The van der Waals surface area contributed by atoms with E-state index in [1.165, 1.54) is 7.05 Å². The monoisotopic (exact) mass is 265 g/mol. The zero-order valence-corrected chi connectivity index (χ0v) is 11.0. The average molecular weight is 265 g/mol. The SMILES string of the molecule is CNC(=O)NC(=O)C(C)NCC(O)c1ccccc1. The molecule has 0 aliphatic heterocycles. The molecule has 0 aromatic heterocycles. The number of imide groups is 1. The van der Waals surface area contributed by atoms with Crippen molar-refractivity contribution in [1.82, 2.24) is 16.0 Å². The summed E-state index contributed by atoms with van der Waals surface area (Å²) in [5.74, 6) is -0.445. The fourth-order valence-electron chi connectivity index (χ4n) is 1.46. The van der Waals surface area contributed by atoms with E-state index in [0.29, 0.717) is 0 Å². The van der Waals surface area contributed by atoms with E-state index in [1.807, 2.05) is 30.3 Å². The molecule has 1 rings (SSSR count). The zero-order chi connectivity index (χ0) is 14.3. The first-order valence-electron chi connectivity index (χ1n) is 6.03. The van der Waals surface area contributed by atoms with E-state index < -0.39 is 24.1 Å². The second-order valence-electron chi connectivity index (χ2n) is 4.12. The van der Waals surface area contributed by atoms with Crippen LogP contribution in [-0.4, -0.2) is 36.7 Å². The summed E-state index contributed by atoms with van der Waals surface area (Å²) in [4.78, 5) is 22.5. The zero-order valence-electron chi connectivity index (χ0n) is 11.0. The van der Waals surface area contributed by atoms with Crippen molar-refractivity contribution in [2.45, 2.75) is 19.1 Å². The standard InChI is InChI=1S/C13H19N3O3/c1-9(12(18)16-13(19)14-2)15-8-11(17)10-6-4-3-5-7-10/h3-7,9,11,15,17H,8H2,1-2H3,(H2,14,16,18,19). The molecular formula is C13H19N3O3. The van der Waals surface area contributed by atoms with Crippen molar-refractivity contribution in [3.8, 4) is 0 Å². The first kappa shape index (κ1) is 15.1. The van der Waals surface area contributed by atoms with Crippen LogP contribution in [0.4, 0.5) is 4.79 Å². The fraction of sp³-hybridized carbons (Fsp3) is 0.385. The topological polar surface area (TPSA) is 90.5 Å². The van der Waals surface area contributed by atoms with Gasteiger partial charge in [0.2, 0.25) is 5.91 Å². The highest BCUT2D eigenvalue weighted by atomic mass is 16.3. The minimum absolute atomic E-state index is 0.229. The van der Waals surface area contributed by atoms with Crippen LogP contribution in [0, 0.1) is 0 Å². The summed E-state index contributed by atoms with van der Waals surface area (Å²) < 4.78 is 0. The molecule has 1 aromatic carbocycles. The number of urea groups is 1. The largest absolute Gasteiger partial charge is 0.387 e. The van der Waals surface area contributed by atoms with E-state index >= 15 is 0 Å². The van der Waals surface area contributed by atoms with Crippen LogP contribution in [0.25, 0.3) is 0 Å². The van der Waals surface area contributed by atoms with E-state index in [-0.39, 0.29) is 6.54 Å². The molecule has 4 N–H and O–H groups in total. The summed E-state index contributed by atoms with van der Waals surface area (Å²) in [6, 6.07) is 8.02. The Bertz CT molecular complexity index is 422. The normalized spacial score (nSPS) is 13.4. The lowest BCUT2D eigenvalue weighted by Gasteiger charge is -2.16. The van der Waals surface area contributed by atoms with Crippen molar-refractivity contribution in [1.29, 1.82) is 0 Å². The Hall–Kier alpha value is -1.92. The van der Waals surface area contributed by atoms with Crippen molar-refractivity contribution in [2.75, 3.05) is 13.6 Å². The van der Waals surface area contributed by atoms with Crippen LogP contribution in [0.5, 0.6) is 0 Å². The number of carbonyl (C=O) groups is 2. The molecule has 0 bridgehead atoms. The molecule has 0 spiro atoms. The van der Waals surface area contributed by atoms with Gasteiger partial charge in [-0.15, -0.1) is 0 Å². The Balaban J connectivity index is 2.39. The van der Waals surface area contributed by atoms with Gasteiger partial charge in [0.1, 0.15) is 0 Å². The van der Waals surface area contributed by atoms with E-state index in [9.17, 15) is 14.7 Å². The quantitative estimate of drug-likeness (QED) is 0.610. The summed E-state index contributed by atoms with van der Waals surface area (Å²) in [5, 5.41) is 17.2. The van der Waals surface area contributed by atoms with Crippen LogP contribution in [0.1, 0.15) is 18.6 Å². The van der Waals surface area contributed by atoms with Gasteiger partial charge < -0.3 is 15.7 Å². The summed E-state index contributed by atoms with van der Waals surface area (Å²) in [6.07, 6.45) is -0.698. The van der Waals surface area contributed by atoms with Crippen LogP contribution in [0.15, 0.2) is 30.3 Å². The Morgan fingerprint density at radius 2 is 1.89 bits per heavy atom. The Morgan fingerprint density at radius 1 is 1.26 bits per heavy atom. The van der Waals surface area contributed by atoms with Crippen LogP contribution in [0.2, 0.25) is 0 Å². The summed E-state index contributed by atoms with van der Waals surface area (Å²) in [6.45, 7) is 1.85. The van der Waals surface area contributed by atoms with E-state index in [1.54, 1.807) is 6.92 Å². The molecule has 0 radical (unpaired) electrons. The third-order valence-corrected chi connectivity index (χ3v) is 2.66. The third kappa shape index (κ3) is 5.07. The number of hydrogen-bond donors (Lipinski definition) is 4. The summed E-state index contributed by atoms with van der Waals surface area (Å²) >= 11 is 0. The van der Waals surface area contributed by atoms with Gasteiger partial charge in [0.05, 0.1) is 12.1 Å². The van der Waals surface area contributed by atoms with E-state index in [0.717, 1.165) is 5.56 Å². The van der Waals surface area contributed by atoms with Crippen molar-refractivity contribution in [3.63, 3.8) is 0 Å². The number of carbonyl (C=O) groups excluding carboxylic acids is 2. The molecule has 2 atom stereocenters. The molecule has 0 aliphatic carbocycles. The lowest BCUT2D eigenvalue weighted by atomic mass is 10.1. The van der Waals surface area contributed by atoms with Crippen LogP contribution < -0.4 is 16.0 Å². The van der Waals surface area contributed by atoms with E-state index in [2.05, 4.69) is 16.0 Å². The predicted molar refractivity (Wildman–Crippen MR) is 71.5 cm³/mol. The molecule has 6 nitrogen and oxygen atoms in total. The highest BCUT2D eigenvalue weighted by molar-refractivity contribution is 5.96. The minimum Gasteiger partial charge on any atom is -0.387 e. The first-order chi connectivity index (χ1) is 9.04. The van der Waals surface area contributed by atoms with Crippen molar-refractivity contribution < 1.29 is 14.7 Å². The minimum atomic E-state index is -0.698. The molecule has 3 amide bonds. The number of rotatable bonds is 5. The van der Waals surface area contributed by atoms with Gasteiger partial charge in [0, 0.05) is 13.6 Å². The number of aliphatic hydroxyl groups is 1. The van der Waals surface area contributed by atoms with Gasteiger partial charge in [-0.25, -0.2) is 4.79 Å². The maximum atomic E-state index is 11.5. The number of nitrogens with one attached hydrogen (secondary N) is 3. The van der Waals surface area contributed by atoms with Crippen molar-refractivity contribution in [3.05, 3.63) is 35.9 Å². The molecule has 0 saturated carbocycles. The molecule has 2 unspecified atom stereocenters. The Morgan fingerprint density at radius 3 is 2.47 bits per heavy atom. The molecule has 0 saturated heterocycles. The van der Waals surface area contributed by atoms with Gasteiger partial charge in [-0.3, -0.25) is 10.1 Å². The molecule has 1 aromatic rings. The summed E-state index contributed by atoms with van der Waals surface area (Å²) in [7, 11) is 1.43. The van der Waals surface area contributed by atoms with Crippen LogP contribution >= 0.6 is 0 Å². The van der Waals surface area contributed by atoms with Crippen LogP contribution in [0.3, 0.4) is 0 Å². The maximum Gasteiger partial charge on any atom is 0.321 e. The van der Waals surface area contributed by atoms with Gasteiger partial charge in [0.15, 0.2) is 0 Å². The number of hydrogen-bond acceptors (Lipinski definition) is 4. The van der Waals surface area contributed by atoms with Gasteiger partial charge >= 0.3 is 6.03 Å². The Kier molecular flexibility index (Phi) is 5.98. The molecule has 0 aliphatic rings. The lowest BCUT2D eigenvalue weighted by Crippen LogP contribution is -2.48. The van der Waals surface area contributed by atoms with Crippen molar-refractivity contribution in [2.24, 2.45) is 0 Å². The van der Waals surface area contributed by atoms with Gasteiger partial charge in [-0.2, -0.15) is 0 Å². The predicted octanol–water partition coefficient (Wildman–Crippen LogP) is 0.154. The van der Waals surface area contributed by atoms with Crippen LogP contribution in [-0.2, 0) is 4.79 Å². The third-order valence-electron chi connectivity index (χ3n) is 2.66. The molecular weight excluding hydrogens is 246 g/mol. The van der Waals surface area contributed by atoms with Crippen molar-refractivity contribution >= 4 is 11.9 Å². The number of aliphatic hydroxyl groups excluding tert-OH is 1. The maximum absolute atomic E-state index is 11.5. The molecule has 0 fully saturated rings. The number of benzene rings is 1.